The minimum Gasteiger partial charge on any atom is -0.393 e. The van der Waals surface area contributed by atoms with Crippen LogP contribution >= 0.6 is 0 Å². The molecule has 3 heterocycles. The molecule has 1 aliphatic heterocycles. The molecule has 0 bridgehead atoms. The van der Waals surface area contributed by atoms with Gasteiger partial charge in [0.25, 0.3) is 0 Å². The van der Waals surface area contributed by atoms with Gasteiger partial charge in [0.05, 0.1) is 30.5 Å². The van der Waals surface area contributed by atoms with E-state index in [4.69, 9.17) is 5.73 Å². The number of rotatable bonds is 12. The minimum atomic E-state index is -0.848. The summed E-state index contributed by atoms with van der Waals surface area (Å²) < 4.78 is 0. The highest BCUT2D eigenvalue weighted by Gasteiger charge is 2.60. The molecule has 12 heteroatoms. The Kier molecular flexibility index (Phi) is 10.9. The van der Waals surface area contributed by atoms with Gasteiger partial charge in [0.15, 0.2) is 0 Å². The van der Waals surface area contributed by atoms with Crippen LogP contribution in [-0.4, -0.2) is 85.0 Å². The second-order valence-electron chi connectivity index (χ2n) is 17.8. The van der Waals surface area contributed by atoms with Crippen molar-refractivity contribution < 1.29 is 19.5 Å². The lowest BCUT2D eigenvalue weighted by atomic mass is 9.44. The number of likely N-dealkylation sites (tertiary alicyclic amines) is 1. The summed E-state index contributed by atoms with van der Waals surface area (Å²) in [5.74, 6) is 3.53. The normalized spacial score (nSPS) is 36.7. The maximum atomic E-state index is 13.6. The van der Waals surface area contributed by atoms with E-state index in [1.54, 1.807) is 29.9 Å². The van der Waals surface area contributed by atoms with E-state index in [2.05, 4.69) is 51.3 Å². The molecular formula is C40H62N8O4. The summed E-state index contributed by atoms with van der Waals surface area (Å²) in [5, 5.41) is 16.6. The first kappa shape index (κ1) is 37.1. The van der Waals surface area contributed by atoms with Gasteiger partial charge >= 0.3 is 0 Å². The lowest BCUT2D eigenvalue weighted by Crippen LogP contribution is -2.54. The zero-order valence-electron chi connectivity index (χ0n) is 31.5. The Morgan fingerprint density at radius 1 is 1.06 bits per heavy atom. The molecule has 7 rings (SSSR count). The van der Waals surface area contributed by atoms with E-state index >= 15 is 0 Å². The van der Waals surface area contributed by atoms with Crippen molar-refractivity contribution in [1.29, 1.82) is 0 Å². The van der Waals surface area contributed by atoms with Crippen LogP contribution in [0.15, 0.2) is 25.0 Å². The Balaban J connectivity index is 0.934. The molecule has 5 fully saturated rings. The topological polar surface area (TPSA) is 182 Å². The van der Waals surface area contributed by atoms with E-state index in [1.807, 2.05) is 0 Å². The van der Waals surface area contributed by atoms with Crippen LogP contribution in [0.3, 0.4) is 0 Å². The van der Waals surface area contributed by atoms with Crippen molar-refractivity contribution in [2.24, 2.45) is 52.1 Å². The Hall–Kier alpha value is -3.25. The van der Waals surface area contributed by atoms with Crippen molar-refractivity contribution in [3.8, 4) is 0 Å². The fourth-order valence-corrected chi connectivity index (χ4v) is 12.3. The Morgan fingerprint density at radius 2 is 1.87 bits per heavy atom. The zero-order chi connectivity index (χ0) is 36.6. The number of hydrogen-bond donors (Lipinski definition) is 6. The van der Waals surface area contributed by atoms with Gasteiger partial charge in [0, 0.05) is 56.5 Å². The molecule has 2 aromatic heterocycles. The minimum absolute atomic E-state index is 0.0143. The number of aromatic nitrogens is 4. The summed E-state index contributed by atoms with van der Waals surface area (Å²) in [7, 11) is 0. The largest absolute Gasteiger partial charge is 0.393 e. The van der Waals surface area contributed by atoms with Gasteiger partial charge < -0.3 is 36.3 Å². The second-order valence-corrected chi connectivity index (χ2v) is 17.8. The van der Waals surface area contributed by atoms with Crippen LogP contribution < -0.4 is 16.4 Å². The Morgan fingerprint density at radius 3 is 2.63 bits per heavy atom. The smallest absolute Gasteiger partial charge is 0.242 e. The Labute approximate surface area is 308 Å². The summed E-state index contributed by atoms with van der Waals surface area (Å²) in [4.78, 5) is 56.3. The molecule has 0 aromatic carbocycles. The van der Waals surface area contributed by atoms with Crippen molar-refractivity contribution >= 4 is 17.7 Å². The third kappa shape index (κ3) is 7.30. The number of imidazole rings is 2. The van der Waals surface area contributed by atoms with Crippen molar-refractivity contribution in [2.45, 2.75) is 135 Å². The molecule has 12 nitrogen and oxygen atoms in total. The van der Waals surface area contributed by atoms with Gasteiger partial charge in [-0.15, -0.1) is 0 Å². The van der Waals surface area contributed by atoms with Crippen LogP contribution in [0, 0.1) is 46.3 Å². The number of nitrogens with zero attached hydrogens (tertiary/aromatic N) is 3. The van der Waals surface area contributed by atoms with Crippen LogP contribution in [0.5, 0.6) is 0 Å². The van der Waals surface area contributed by atoms with Crippen LogP contribution in [0.25, 0.3) is 0 Å². The number of aliphatic hydroxyl groups excluding tert-OH is 1. The molecule has 12 atom stereocenters. The number of carbonyl (C=O) groups is 3. The molecule has 2 aromatic rings. The number of hydrogen-bond acceptors (Lipinski definition) is 7. The van der Waals surface area contributed by atoms with Gasteiger partial charge in [-0.1, -0.05) is 20.8 Å². The van der Waals surface area contributed by atoms with Crippen LogP contribution in [0.1, 0.15) is 109 Å². The summed E-state index contributed by atoms with van der Waals surface area (Å²) in [6.07, 6.45) is 19.9. The number of nitrogens with two attached hydrogens (primary N) is 1. The van der Waals surface area contributed by atoms with Gasteiger partial charge in [-0.3, -0.25) is 14.4 Å². The average molecular weight is 719 g/mol. The molecule has 0 radical (unpaired) electrons. The first-order valence-corrected chi connectivity index (χ1v) is 20.2. The summed E-state index contributed by atoms with van der Waals surface area (Å²) >= 11 is 0. The number of H-pyrrole nitrogens is 2. The van der Waals surface area contributed by atoms with E-state index in [1.165, 1.54) is 44.9 Å². The number of carbonyl (C=O) groups excluding carboxylic acids is 3. The standard InChI is InChI=1S/C40H62N8O4/c1-24(31-7-8-32-30-6-5-25-16-29(49)10-13-39(25,2)33(30)11-14-40(31,32)3)4-9-36(50)47-28-18-35(37(51)44-15-12-26-19-42-22-45-26)48(21-28)38(52)34(41)17-27-20-43-23-46-27/h19-20,22-25,28-35,49H,4-18,21,41H2,1-3H3,(H,42,45)(H,43,46)(H,44,51)(H,47,50)/t24-,25?,28+,29-,30?,31-,32?,33?,34?,35+,39+,40-/m1/s1. The number of fused-ring (bicyclic) bond motifs is 5. The molecule has 5 aliphatic rings. The molecule has 7 N–H and O–H groups in total. The fourth-order valence-electron chi connectivity index (χ4n) is 12.3. The lowest BCUT2D eigenvalue weighted by Gasteiger charge is -2.61. The van der Waals surface area contributed by atoms with E-state index < -0.39 is 12.1 Å². The lowest BCUT2D eigenvalue weighted by molar-refractivity contribution is -0.139. The molecule has 4 saturated carbocycles. The summed E-state index contributed by atoms with van der Waals surface area (Å²) in [6.45, 7) is 8.14. The van der Waals surface area contributed by atoms with Crippen molar-refractivity contribution in [3.05, 3.63) is 36.4 Å². The average Bonchev–Trinajstić information content (AvgIpc) is 3.95. The van der Waals surface area contributed by atoms with E-state index in [-0.39, 0.29) is 42.8 Å². The number of aliphatic hydroxyl groups is 1. The molecule has 4 aliphatic carbocycles. The molecular weight excluding hydrogens is 656 g/mol. The van der Waals surface area contributed by atoms with Gasteiger partial charge in [-0.05, 0) is 117 Å². The van der Waals surface area contributed by atoms with Crippen LogP contribution in [0.2, 0.25) is 0 Å². The maximum absolute atomic E-state index is 13.6. The molecule has 0 spiro atoms. The second kappa shape index (κ2) is 15.2. The van der Waals surface area contributed by atoms with E-state index in [0.717, 1.165) is 42.7 Å². The molecule has 5 unspecified atom stereocenters. The SMILES string of the molecule is C[C@H](CCC(=O)N[C@H]1C[C@@H](C(=O)NCCc2cnc[nH]2)N(C(=O)C(N)Cc2c[nH]cn2)C1)[C@H]1CCC2C3CCC4C[C@H](O)CC[C@]4(C)C3CC[C@@]21C. The molecule has 286 valence electrons. The number of aromatic amines is 2. The fraction of sp³-hybridized carbons (Fsp3) is 0.775. The maximum Gasteiger partial charge on any atom is 0.242 e. The van der Waals surface area contributed by atoms with Crippen molar-refractivity contribution in [1.82, 2.24) is 35.5 Å². The van der Waals surface area contributed by atoms with Gasteiger partial charge in [-0.2, -0.15) is 0 Å². The molecule has 1 saturated heterocycles. The molecule has 52 heavy (non-hydrogen) atoms. The molecule has 3 amide bonds. The highest BCUT2D eigenvalue weighted by molar-refractivity contribution is 5.91. The number of nitrogens with one attached hydrogen (secondary N) is 4. The first-order chi connectivity index (χ1) is 25.0. The highest BCUT2D eigenvalue weighted by atomic mass is 16.3. The summed E-state index contributed by atoms with van der Waals surface area (Å²) in [5.41, 5.74) is 8.66. The van der Waals surface area contributed by atoms with E-state index in [0.29, 0.717) is 60.1 Å². The van der Waals surface area contributed by atoms with Crippen molar-refractivity contribution in [3.63, 3.8) is 0 Å². The monoisotopic (exact) mass is 718 g/mol. The van der Waals surface area contributed by atoms with Gasteiger partial charge in [0.2, 0.25) is 17.7 Å². The van der Waals surface area contributed by atoms with Crippen LogP contribution in [0.4, 0.5) is 0 Å². The predicted molar refractivity (Wildman–Crippen MR) is 197 cm³/mol. The van der Waals surface area contributed by atoms with E-state index in [9.17, 15) is 19.5 Å². The van der Waals surface area contributed by atoms with Gasteiger partial charge in [0.1, 0.15) is 6.04 Å². The third-order valence-electron chi connectivity index (χ3n) is 15.0. The Bertz CT molecular complexity index is 1530. The summed E-state index contributed by atoms with van der Waals surface area (Å²) in [6, 6.07) is -1.89. The quantitative estimate of drug-likeness (QED) is 0.193. The van der Waals surface area contributed by atoms with Crippen molar-refractivity contribution in [2.75, 3.05) is 13.1 Å². The highest BCUT2D eigenvalue weighted by Crippen LogP contribution is 2.68. The first-order valence-electron chi connectivity index (χ1n) is 20.2. The van der Waals surface area contributed by atoms with Crippen LogP contribution in [-0.2, 0) is 27.2 Å². The zero-order valence-corrected chi connectivity index (χ0v) is 31.5. The predicted octanol–water partition coefficient (Wildman–Crippen LogP) is 3.88. The van der Waals surface area contributed by atoms with Gasteiger partial charge in [-0.25, -0.2) is 9.97 Å². The number of amides is 3. The third-order valence-corrected chi connectivity index (χ3v) is 15.0.